The maximum Gasteiger partial charge on any atom is 0.271 e. The first kappa shape index (κ1) is 20.0. The number of sulfonamides is 1. The van der Waals surface area contributed by atoms with Gasteiger partial charge in [0.25, 0.3) is 5.69 Å². The number of carbonyl (C=O) groups excluding carboxylic acids is 1. The quantitative estimate of drug-likeness (QED) is 0.610. The average Bonchev–Trinajstić information content (AvgIpc) is 2.68. The number of anilines is 1. The molecule has 1 fully saturated rings. The minimum absolute atomic E-state index is 0.0803. The lowest BCUT2D eigenvalue weighted by Gasteiger charge is -2.31. The van der Waals surface area contributed by atoms with Crippen LogP contribution in [0, 0.1) is 23.0 Å². The number of nitrogens with zero attached hydrogens (tertiary/aromatic N) is 2. The Morgan fingerprint density at radius 2 is 1.93 bits per heavy atom. The molecule has 148 valence electrons. The molecule has 1 N–H and O–H groups in total. The maximum absolute atomic E-state index is 12.9. The van der Waals surface area contributed by atoms with E-state index in [1.807, 2.05) is 6.92 Å². The van der Waals surface area contributed by atoms with E-state index in [9.17, 15) is 23.3 Å². The lowest BCUT2D eigenvalue weighted by Crippen LogP contribution is -2.43. The molecule has 0 spiro atoms. The number of piperidine rings is 1. The van der Waals surface area contributed by atoms with E-state index in [0.717, 1.165) is 5.56 Å². The van der Waals surface area contributed by atoms with E-state index in [2.05, 4.69) is 5.32 Å². The molecule has 1 heterocycles. The van der Waals surface area contributed by atoms with E-state index in [4.69, 9.17) is 0 Å². The Balaban J connectivity index is 1.72. The van der Waals surface area contributed by atoms with Gasteiger partial charge in [-0.3, -0.25) is 14.9 Å². The van der Waals surface area contributed by atoms with Crippen molar-refractivity contribution < 1.29 is 18.1 Å². The van der Waals surface area contributed by atoms with Gasteiger partial charge in [-0.2, -0.15) is 4.31 Å². The normalized spacial score (nSPS) is 17.8. The van der Waals surface area contributed by atoms with Crippen LogP contribution in [0.15, 0.2) is 53.4 Å². The smallest absolute Gasteiger partial charge is 0.271 e. The van der Waals surface area contributed by atoms with Gasteiger partial charge < -0.3 is 5.32 Å². The Labute approximate surface area is 163 Å². The lowest BCUT2D eigenvalue weighted by molar-refractivity contribution is -0.384. The van der Waals surface area contributed by atoms with Crippen LogP contribution in [0.5, 0.6) is 0 Å². The predicted molar refractivity (Wildman–Crippen MR) is 104 cm³/mol. The van der Waals surface area contributed by atoms with Gasteiger partial charge in [-0.05, 0) is 38.0 Å². The molecule has 2 aromatic rings. The van der Waals surface area contributed by atoms with E-state index < -0.39 is 20.9 Å². The Morgan fingerprint density at radius 3 is 2.61 bits per heavy atom. The molecular formula is C19H21N3O5S. The van der Waals surface area contributed by atoms with Crippen LogP contribution in [0.1, 0.15) is 18.4 Å². The number of hydrogen-bond acceptors (Lipinski definition) is 5. The van der Waals surface area contributed by atoms with Crippen molar-refractivity contribution in [3.05, 3.63) is 64.2 Å². The molecule has 9 heteroatoms. The zero-order valence-electron chi connectivity index (χ0n) is 15.4. The standard InChI is InChI=1S/C19H21N3O5S/c1-14-7-9-18(10-8-14)28(26,27)21-11-3-4-15(13-21)19(23)20-16-5-2-6-17(12-16)22(24)25/h2,5-10,12,15H,3-4,11,13H2,1H3,(H,20,23)/t15-/m1/s1. The number of nitro benzene ring substituents is 1. The minimum atomic E-state index is -3.67. The van der Waals surface area contributed by atoms with Gasteiger partial charge in [0.15, 0.2) is 0 Å². The summed E-state index contributed by atoms with van der Waals surface area (Å²) in [6, 6.07) is 12.3. The van der Waals surface area contributed by atoms with Gasteiger partial charge in [0.2, 0.25) is 15.9 Å². The molecule has 0 unspecified atom stereocenters. The fraction of sp³-hybridized carbons (Fsp3) is 0.316. The summed E-state index contributed by atoms with van der Waals surface area (Å²) < 4.78 is 27.1. The molecule has 1 saturated heterocycles. The second-order valence-electron chi connectivity index (χ2n) is 6.81. The van der Waals surface area contributed by atoms with E-state index in [1.54, 1.807) is 30.3 Å². The van der Waals surface area contributed by atoms with Crippen LogP contribution in [-0.2, 0) is 14.8 Å². The van der Waals surface area contributed by atoms with Crippen molar-refractivity contribution in [2.75, 3.05) is 18.4 Å². The zero-order chi connectivity index (χ0) is 20.3. The number of nitrogens with one attached hydrogen (secondary N) is 1. The Morgan fingerprint density at radius 1 is 1.21 bits per heavy atom. The van der Waals surface area contributed by atoms with Crippen molar-refractivity contribution in [2.24, 2.45) is 5.92 Å². The third-order valence-electron chi connectivity index (χ3n) is 4.74. The fourth-order valence-electron chi connectivity index (χ4n) is 3.18. The topological polar surface area (TPSA) is 110 Å². The molecular weight excluding hydrogens is 382 g/mol. The molecule has 3 rings (SSSR count). The second kappa shape index (κ2) is 8.07. The first-order chi connectivity index (χ1) is 13.3. The van der Waals surface area contributed by atoms with Crippen molar-refractivity contribution in [2.45, 2.75) is 24.7 Å². The van der Waals surface area contributed by atoms with E-state index in [-0.39, 0.29) is 23.0 Å². The predicted octanol–water partition coefficient (Wildman–Crippen LogP) is 2.94. The maximum atomic E-state index is 12.9. The Hall–Kier alpha value is -2.78. The summed E-state index contributed by atoms with van der Waals surface area (Å²) in [4.78, 5) is 23.1. The molecule has 1 aliphatic rings. The highest BCUT2D eigenvalue weighted by Crippen LogP contribution is 2.25. The van der Waals surface area contributed by atoms with Crippen LogP contribution >= 0.6 is 0 Å². The highest BCUT2D eigenvalue weighted by atomic mass is 32.2. The van der Waals surface area contributed by atoms with Crippen molar-refractivity contribution in [1.82, 2.24) is 4.31 Å². The van der Waals surface area contributed by atoms with Crippen LogP contribution in [0.2, 0.25) is 0 Å². The van der Waals surface area contributed by atoms with Crippen molar-refractivity contribution in [1.29, 1.82) is 0 Å². The Bertz CT molecular complexity index is 989. The van der Waals surface area contributed by atoms with Gasteiger partial charge in [0, 0.05) is 30.9 Å². The fourth-order valence-corrected chi connectivity index (χ4v) is 4.70. The third kappa shape index (κ3) is 4.37. The molecule has 0 radical (unpaired) electrons. The van der Waals surface area contributed by atoms with E-state index in [1.165, 1.54) is 22.5 Å². The highest BCUT2D eigenvalue weighted by molar-refractivity contribution is 7.89. The molecule has 0 saturated carbocycles. The first-order valence-corrected chi connectivity index (χ1v) is 10.3. The van der Waals surface area contributed by atoms with Crippen LogP contribution in [0.4, 0.5) is 11.4 Å². The summed E-state index contributed by atoms with van der Waals surface area (Å²) in [6.07, 6.45) is 1.12. The summed E-state index contributed by atoms with van der Waals surface area (Å²) >= 11 is 0. The van der Waals surface area contributed by atoms with Gasteiger partial charge in [0.05, 0.1) is 15.7 Å². The molecule has 1 aliphatic heterocycles. The molecule has 0 aliphatic carbocycles. The highest BCUT2D eigenvalue weighted by Gasteiger charge is 2.33. The molecule has 8 nitrogen and oxygen atoms in total. The van der Waals surface area contributed by atoms with Crippen LogP contribution in [-0.4, -0.2) is 36.6 Å². The van der Waals surface area contributed by atoms with Crippen LogP contribution in [0.25, 0.3) is 0 Å². The molecule has 1 atom stereocenters. The molecule has 2 aromatic carbocycles. The number of benzene rings is 2. The van der Waals surface area contributed by atoms with Crippen LogP contribution in [0.3, 0.4) is 0 Å². The van der Waals surface area contributed by atoms with Gasteiger partial charge in [-0.15, -0.1) is 0 Å². The number of non-ortho nitro benzene ring substituents is 1. The molecule has 28 heavy (non-hydrogen) atoms. The minimum Gasteiger partial charge on any atom is -0.326 e. The van der Waals surface area contributed by atoms with Gasteiger partial charge in [-0.25, -0.2) is 8.42 Å². The van der Waals surface area contributed by atoms with Crippen molar-refractivity contribution in [3.8, 4) is 0 Å². The largest absolute Gasteiger partial charge is 0.326 e. The summed E-state index contributed by atoms with van der Waals surface area (Å²) in [6.45, 7) is 2.32. The summed E-state index contributed by atoms with van der Waals surface area (Å²) in [5.41, 5.74) is 1.16. The van der Waals surface area contributed by atoms with Gasteiger partial charge in [-0.1, -0.05) is 23.8 Å². The van der Waals surface area contributed by atoms with E-state index in [0.29, 0.717) is 25.1 Å². The van der Waals surface area contributed by atoms with Crippen molar-refractivity contribution in [3.63, 3.8) is 0 Å². The number of amides is 1. The average molecular weight is 403 g/mol. The van der Waals surface area contributed by atoms with Crippen molar-refractivity contribution >= 4 is 27.3 Å². The second-order valence-corrected chi connectivity index (χ2v) is 8.75. The molecule has 0 aromatic heterocycles. The summed E-state index contributed by atoms with van der Waals surface area (Å²) in [5, 5.41) is 13.5. The first-order valence-electron chi connectivity index (χ1n) is 8.89. The number of aryl methyl sites for hydroxylation is 1. The summed E-state index contributed by atoms with van der Waals surface area (Å²) in [7, 11) is -3.67. The summed E-state index contributed by atoms with van der Waals surface area (Å²) in [5.74, 6) is -0.863. The third-order valence-corrected chi connectivity index (χ3v) is 6.62. The number of rotatable bonds is 5. The van der Waals surface area contributed by atoms with Crippen LogP contribution < -0.4 is 5.32 Å². The zero-order valence-corrected chi connectivity index (χ0v) is 16.2. The van der Waals surface area contributed by atoms with Gasteiger partial charge >= 0.3 is 0 Å². The number of nitro groups is 1. The monoisotopic (exact) mass is 403 g/mol. The lowest BCUT2D eigenvalue weighted by atomic mass is 9.98. The molecule has 0 bridgehead atoms. The Kier molecular flexibility index (Phi) is 5.76. The number of carbonyl (C=O) groups is 1. The molecule has 1 amide bonds. The number of hydrogen-bond donors (Lipinski definition) is 1. The van der Waals surface area contributed by atoms with E-state index >= 15 is 0 Å². The SMILES string of the molecule is Cc1ccc(S(=O)(=O)N2CCC[C@@H](C(=O)Nc3cccc([N+](=O)[O-])c3)C2)cc1. The van der Waals surface area contributed by atoms with Gasteiger partial charge in [0.1, 0.15) is 0 Å².